The SMILES string of the molecule is CC/C=C\C/C=C\C/C=C\C/C=C\C/C=C\CCCCCCCCCCCCCCCCCC(=O)NC(CO)C(O)/C=C/CC/C=C/CC/C=C/CCCCCCCCCCCCCCCCCCCCCCCC. The van der Waals surface area contributed by atoms with Gasteiger partial charge < -0.3 is 15.5 Å². The van der Waals surface area contributed by atoms with Crippen LogP contribution in [0.2, 0.25) is 0 Å². The van der Waals surface area contributed by atoms with Crippen LogP contribution in [0.5, 0.6) is 0 Å². The summed E-state index contributed by atoms with van der Waals surface area (Å²) >= 11 is 0. The number of carbonyl (C=O) groups excluding carboxylic acids is 1. The van der Waals surface area contributed by atoms with Gasteiger partial charge in [-0.25, -0.2) is 0 Å². The summed E-state index contributed by atoms with van der Waals surface area (Å²) in [4.78, 5) is 12.5. The average molecular weight is 1040 g/mol. The van der Waals surface area contributed by atoms with Crippen LogP contribution in [0.1, 0.15) is 328 Å². The molecule has 1 amide bonds. The fourth-order valence-corrected chi connectivity index (χ4v) is 9.83. The number of rotatable bonds is 60. The molecule has 0 aliphatic heterocycles. The predicted octanol–water partition coefficient (Wildman–Crippen LogP) is 22.4. The topological polar surface area (TPSA) is 69.6 Å². The van der Waals surface area contributed by atoms with E-state index in [0.29, 0.717) is 6.42 Å². The van der Waals surface area contributed by atoms with E-state index in [2.05, 4.69) is 104 Å². The molecular weight excluding hydrogens is 915 g/mol. The maximum atomic E-state index is 12.5. The highest BCUT2D eigenvalue weighted by molar-refractivity contribution is 5.76. The lowest BCUT2D eigenvalue weighted by atomic mass is 10.0. The second-order valence-electron chi connectivity index (χ2n) is 22.1. The minimum atomic E-state index is -0.877. The molecular formula is C71H127NO3. The zero-order valence-corrected chi connectivity index (χ0v) is 50.1. The summed E-state index contributed by atoms with van der Waals surface area (Å²) < 4.78 is 0. The monoisotopic (exact) mass is 1040 g/mol. The third kappa shape index (κ3) is 62.0. The number of allylic oxidation sites excluding steroid dienone is 15. The van der Waals surface area contributed by atoms with Crippen LogP contribution >= 0.6 is 0 Å². The molecule has 0 heterocycles. The van der Waals surface area contributed by atoms with E-state index in [1.807, 2.05) is 6.08 Å². The van der Waals surface area contributed by atoms with Crippen molar-refractivity contribution in [3.8, 4) is 0 Å². The molecule has 0 fully saturated rings. The summed E-state index contributed by atoms with van der Waals surface area (Å²) in [7, 11) is 0. The number of hydrogen-bond donors (Lipinski definition) is 3. The van der Waals surface area contributed by atoms with Crippen molar-refractivity contribution in [1.82, 2.24) is 5.32 Å². The van der Waals surface area contributed by atoms with Gasteiger partial charge in [-0.05, 0) is 89.9 Å². The van der Waals surface area contributed by atoms with Crippen molar-refractivity contribution in [1.29, 1.82) is 0 Å². The minimum Gasteiger partial charge on any atom is -0.394 e. The first-order chi connectivity index (χ1) is 37.2. The van der Waals surface area contributed by atoms with Crippen LogP contribution < -0.4 is 5.32 Å². The minimum absolute atomic E-state index is 0.0779. The van der Waals surface area contributed by atoms with Gasteiger partial charge in [0.15, 0.2) is 0 Å². The van der Waals surface area contributed by atoms with Gasteiger partial charge in [0.1, 0.15) is 0 Å². The Morgan fingerprint density at radius 1 is 0.333 bits per heavy atom. The van der Waals surface area contributed by atoms with E-state index < -0.39 is 12.1 Å². The molecule has 0 radical (unpaired) electrons. The zero-order chi connectivity index (χ0) is 54.1. The summed E-state index contributed by atoms with van der Waals surface area (Å²) in [6, 6.07) is -0.653. The maximum absolute atomic E-state index is 12.5. The molecule has 0 saturated heterocycles. The number of nitrogens with one attached hydrogen (secondary N) is 1. The van der Waals surface area contributed by atoms with Crippen LogP contribution in [0.25, 0.3) is 0 Å². The summed E-state index contributed by atoms with van der Waals surface area (Å²) in [6.45, 7) is 4.21. The molecule has 0 aliphatic rings. The highest BCUT2D eigenvalue weighted by Gasteiger charge is 2.18. The van der Waals surface area contributed by atoms with Crippen molar-refractivity contribution in [2.24, 2.45) is 0 Å². The summed E-state index contributed by atoms with van der Waals surface area (Å²) in [5.74, 6) is -0.0779. The van der Waals surface area contributed by atoms with E-state index in [0.717, 1.165) is 70.6 Å². The van der Waals surface area contributed by atoms with Gasteiger partial charge in [0.05, 0.1) is 18.8 Å². The Bertz CT molecular complexity index is 1370. The third-order valence-electron chi connectivity index (χ3n) is 14.8. The molecule has 0 rings (SSSR count). The quantitative estimate of drug-likeness (QED) is 0.0420. The Morgan fingerprint density at radius 2 is 0.600 bits per heavy atom. The first-order valence-corrected chi connectivity index (χ1v) is 33.0. The second kappa shape index (κ2) is 65.6. The molecule has 0 aromatic heterocycles. The predicted molar refractivity (Wildman–Crippen MR) is 336 cm³/mol. The van der Waals surface area contributed by atoms with Gasteiger partial charge >= 0.3 is 0 Å². The summed E-state index contributed by atoms with van der Waals surface area (Å²) in [6.07, 6.45) is 97.6. The number of hydrogen-bond acceptors (Lipinski definition) is 3. The molecule has 0 spiro atoms. The lowest BCUT2D eigenvalue weighted by molar-refractivity contribution is -0.123. The van der Waals surface area contributed by atoms with Crippen LogP contribution in [0.15, 0.2) is 97.2 Å². The number of unbranched alkanes of at least 4 members (excludes halogenated alkanes) is 39. The van der Waals surface area contributed by atoms with E-state index in [9.17, 15) is 15.0 Å². The molecule has 2 unspecified atom stereocenters. The molecule has 2 atom stereocenters. The fourth-order valence-electron chi connectivity index (χ4n) is 9.83. The lowest BCUT2D eigenvalue weighted by Crippen LogP contribution is -2.45. The molecule has 0 aromatic rings. The van der Waals surface area contributed by atoms with Gasteiger partial charge in [0, 0.05) is 6.42 Å². The Hall–Kier alpha value is -2.69. The second-order valence-corrected chi connectivity index (χ2v) is 22.1. The standard InChI is InChI=1S/C71H127NO3/c1-3-5-7-9-11-13-15-17-19-21-23-25-27-29-31-33-35-37-38-40-42-44-46-48-50-52-54-56-58-60-62-64-66-70(74)69(68-73)72-71(75)67-65-63-61-59-57-55-53-51-49-47-45-43-41-39-36-34-32-30-28-26-24-22-20-18-16-14-12-10-8-6-4-2/h6,8,12,14,18,20,24,26,30,32,48,50,56,58,64,66,69-70,73-74H,3-5,7,9-11,13,15-17,19,21-23,25,27-29,31,33-47,49,51-55,57,59-63,65,67-68H2,1-2H3,(H,72,75)/b8-6-,14-12-,20-18-,26-24-,32-30-,50-48+,58-56+,66-64+. The normalized spacial score (nSPS) is 13.4. The van der Waals surface area contributed by atoms with Crippen molar-refractivity contribution >= 4 is 5.91 Å². The highest BCUT2D eigenvalue weighted by atomic mass is 16.3. The van der Waals surface area contributed by atoms with Crippen LogP contribution in [0.4, 0.5) is 0 Å². The van der Waals surface area contributed by atoms with Crippen molar-refractivity contribution < 1.29 is 15.0 Å². The van der Waals surface area contributed by atoms with Gasteiger partial charge in [0.2, 0.25) is 5.91 Å². The van der Waals surface area contributed by atoms with Crippen molar-refractivity contribution in [2.45, 2.75) is 341 Å². The zero-order valence-electron chi connectivity index (χ0n) is 50.1. The van der Waals surface area contributed by atoms with Gasteiger partial charge in [0.25, 0.3) is 0 Å². The van der Waals surface area contributed by atoms with Gasteiger partial charge in [-0.1, -0.05) is 329 Å². The fraction of sp³-hybridized carbons (Fsp3) is 0.761. The molecule has 0 aliphatic carbocycles. The van der Waals surface area contributed by atoms with E-state index in [4.69, 9.17) is 0 Å². The Labute approximate surface area is 468 Å². The smallest absolute Gasteiger partial charge is 0.220 e. The van der Waals surface area contributed by atoms with E-state index >= 15 is 0 Å². The van der Waals surface area contributed by atoms with Crippen molar-refractivity contribution in [3.05, 3.63) is 97.2 Å². The van der Waals surface area contributed by atoms with Crippen LogP contribution in [-0.4, -0.2) is 34.9 Å². The molecule has 3 N–H and O–H groups in total. The number of aliphatic hydroxyl groups is 2. The Morgan fingerprint density at radius 3 is 0.933 bits per heavy atom. The third-order valence-corrected chi connectivity index (χ3v) is 14.8. The van der Waals surface area contributed by atoms with E-state index in [-0.39, 0.29) is 12.5 Å². The summed E-state index contributed by atoms with van der Waals surface area (Å²) in [5.41, 5.74) is 0. The number of amides is 1. The lowest BCUT2D eigenvalue weighted by Gasteiger charge is -2.19. The van der Waals surface area contributed by atoms with E-state index in [1.54, 1.807) is 6.08 Å². The average Bonchev–Trinajstić information content (AvgIpc) is 3.41. The van der Waals surface area contributed by atoms with Gasteiger partial charge in [-0.2, -0.15) is 0 Å². The van der Waals surface area contributed by atoms with Crippen LogP contribution in [0, 0.1) is 0 Å². The summed E-state index contributed by atoms with van der Waals surface area (Å²) in [5, 5.41) is 23.2. The maximum Gasteiger partial charge on any atom is 0.220 e. The van der Waals surface area contributed by atoms with Crippen LogP contribution in [0.3, 0.4) is 0 Å². The molecule has 434 valence electrons. The molecule has 4 nitrogen and oxygen atoms in total. The highest BCUT2D eigenvalue weighted by Crippen LogP contribution is 2.17. The first-order valence-electron chi connectivity index (χ1n) is 33.0. The molecule has 0 saturated carbocycles. The van der Waals surface area contributed by atoms with E-state index in [1.165, 1.54) is 238 Å². The Kier molecular flexibility index (Phi) is 63.2. The first kappa shape index (κ1) is 72.3. The van der Waals surface area contributed by atoms with Crippen molar-refractivity contribution in [3.63, 3.8) is 0 Å². The van der Waals surface area contributed by atoms with Gasteiger partial charge in [-0.3, -0.25) is 4.79 Å². The molecule has 75 heavy (non-hydrogen) atoms. The largest absolute Gasteiger partial charge is 0.394 e. The molecule has 0 bridgehead atoms. The van der Waals surface area contributed by atoms with Gasteiger partial charge in [-0.15, -0.1) is 0 Å². The van der Waals surface area contributed by atoms with Crippen molar-refractivity contribution in [2.75, 3.05) is 6.61 Å². The molecule has 4 heteroatoms. The number of carbonyl (C=O) groups is 1. The van der Waals surface area contributed by atoms with Crippen LogP contribution in [-0.2, 0) is 4.79 Å². The number of aliphatic hydroxyl groups excluding tert-OH is 2. The Balaban J connectivity index is 3.53. The molecule has 0 aromatic carbocycles.